The van der Waals surface area contributed by atoms with Crippen molar-refractivity contribution in [2.75, 3.05) is 0 Å². The topological polar surface area (TPSA) is 0 Å². The number of hydrogen-bond acceptors (Lipinski definition) is 0. The van der Waals surface area contributed by atoms with Crippen LogP contribution in [0.2, 0.25) is 0 Å². The van der Waals surface area contributed by atoms with Crippen molar-refractivity contribution < 1.29 is 0 Å². The Morgan fingerprint density at radius 2 is 1.91 bits per heavy atom. The lowest BCUT2D eigenvalue weighted by atomic mass is 9.83. The monoisotopic (exact) mass is 148 g/mol. The Morgan fingerprint density at radius 1 is 1.09 bits per heavy atom. The molecule has 1 fully saturated rings. The van der Waals surface area contributed by atoms with E-state index in [1.807, 2.05) is 0 Å². The van der Waals surface area contributed by atoms with E-state index in [1.165, 1.54) is 38.5 Å². The van der Waals surface area contributed by atoms with Crippen molar-refractivity contribution in [3.05, 3.63) is 23.8 Å². The SMILES string of the molecule is C1=CCC(C2CCCCC2)=C1. The molecule has 2 aliphatic carbocycles. The van der Waals surface area contributed by atoms with E-state index in [4.69, 9.17) is 0 Å². The third-order valence-electron chi connectivity index (χ3n) is 2.93. The molecule has 0 amide bonds. The maximum Gasteiger partial charge on any atom is -0.0130 e. The summed E-state index contributed by atoms with van der Waals surface area (Å²) in [5.41, 5.74) is 1.70. The van der Waals surface area contributed by atoms with E-state index in [-0.39, 0.29) is 0 Å². The number of rotatable bonds is 1. The van der Waals surface area contributed by atoms with Gasteiger partial charge in [0.1, 0.15) is 0 Å². The van der Waals surface area contributed by atoms with Crippen LogP contribution in [0.5, 0.6) is 0 Å². The standard InChI is InChI=1S/C11H16/c1-2-6-10(7-3-1)11-8-4-5-9-11/h4-5,8,10H,1-3,6-7,9H2. The molecule has 0 aromatic rings. The fraction of sp³-hybridized carbons (Fsp3) is 0.636. The molecule has 0 aromatic carbocycles. The maximum absolute atomic E-state index is 2.33. The van der Waals surface area contributed by atoms with Crippen LogP contribution in [0, 0.1) is 5.92 Å². The van der Waals surface area contributed by atoms with Crippen molar-refractivity contribution in [1.82, 2.24) is 0 Å². The van der Waals surface area contributed by atoms with Gasteiger partial charge in [-0.25, -0.2) is 0 Å². The lowest BCUT2D eigenvalue weighted by molar-refractivity contribution is 0.400. The Hall–Kier alpha value is -0.520. The van der Waals surface area contributed by atoms with Gasteiger partial charge in [0.05, 0.1) is 0 Å². The van der Waals surface area contributed by atoms with E-state index in [2.05, 4.69) is 18.2 Å². The Balaban J connectivity index is 1.93. The van der Waals surface area contributed by atoms with Crippen LogP contribution in [0.15, 0.2) is 23.8 Å². The molecule has 0 atom stereocenters. The molecule has 2 aliphatic rings. The molecule has 0 saturated heterocycles. The van der Waals surface area contributed by atoms with Gasteiger partial charge in [0.15, 0.2) is 0 Å². The Labute approximate surface area is 69.0 Å². The average Bonchev–Trinajstić information content (AvgIpc) is 2.58. The molecule has 0 aromatic heterocycles. The first kappa shape index (κ1) is 7.15. The number of hydrogen-bond donors (Lipinski definition) is 0. The maximum atomic E-state index is 2.33. The summed E-state index contributed by atoms with van der Waals surface area (Å²) in [7, 11) is 0. The third kappa shape index (κ3) is 1.55. The van der Waals surface area contributed by atoms with Crippen LogP contribution in [-0.2, 0) is 0 Å². The molecule has 11 heavy (non-hydrogen) atoms. The van der Waals surface area contributed by atoms with E-state index < -0.39 is 0 Å². The molecule has 0 unspecified atom stereocenters. The summed E-state index contributed by atoms with van der Waals surface area (Å²) in [5, 5.41) is 0. The first-order valence-electron chi connectivity index (χ1n) is 4.82. The second kappa shape index (κ2) is 3.25. The Kier molecular flexibility index (Phi) is 2.11. The quantitative estimate of drug-likeness (QED) is 0.534. The zero-order chi connectivity index (χ0) is 7.52. The largest absolute Gasteiger partial charge is 0.0805 e. The minimum atomic E-state index is 0.943. The minimum absolute atomic E-state index is 0.943. The molecule has 0 heterocycles. The van der Waals surface area contributed by atoms with Crippen LogP contribution in [0.25, 0.3) is 0 Å². The van der Waals surface area contributed by atoms with Gasteiger partial charge < -0.3 is 0 Å². The third-order valence-corrected chi connectivity index (χ3v) is 2.93. The van der Waals surface area contributed by atoms with Gasteiger partial charge >= 0.3 is 0 Å². The molecule has 0 radical (unpaired) electrons. The van der Waals surface area contributed by atoms with Gasteiger partial charge in [0.2, 0.25) is 0 Å². The highest BCUT2D eigenvalue weighted by atomic mass is 14.2. The molecule has 0 nitrogen and oxygen atoms in total. The summed E-state index contributed by atoms with van der Waals surface area (Å²) >= 11 is 0. The number of allylic oxidation sites excluding steroid dienone is 4. The summed E-state index contributed by atoms with van der Waals surface area (Å²) in [6.45, 7) is 0. The normalized spacial score (nSPS) is 25.6. The van der Waals surface area contributed by atoms with Gasteiger partial charge in [-0.1, -0.05) is 43.1 Å². The van der Waals surface area contributed by atoms with Crippen molar-refractivity contribution in [3.8, 4) is 0 Å². The molecular formula is C11H16. The van der Waals surface area contributed by atoms with Gasteiger partial charge in [0, 0.05) is 0 Å². The summed E-state index contributed by atoms with van der Waals surface area (Å²) in [5.74, 6) is 0.943. The van der Waals surface area contributed by atoms with Crippen LogP contribution in [-0.4, -0.2) is 0 Å². The van der Waals surface area contributed by atoms with E-state index >= 15 is 0 Å². The van der Waals surface area contributed by atoms with E-state index in [9.17, 15) is 0 Å². The Morgan fingerprint density at radius 3 is 2.55 bits per heavy atom. The van der Waals surface area contributed by atoms with E-state index in [0.717, 1.165) is 5.92 Å². The van der Waals surface area contributed by atoms with Gasteiger partial charge in [-0.3, -0.25) is 0 Å². The molecule has 0 bridgehead atoms. The van der Waals surface area contributed by atoms with Crippen LogP contribution >= 0.6 is 0 Å². The van der Waals surface area contributed by atoms with Gasteiger partial charge in [0.25, 0.3) is 0 Å². The molecule has 0 heteroatoms. The van der Waals surface area contributed by atoms with Crippen molar-refractivity contribution in [2.45, 2.75) is 38.5 Å². The summed E-state index contributed by atoms with van der Waals surface area (Å²) in [6, 6.07) is 0. The zero-order valence-corrected chi connectivity index (χ0v) is 7.05. The zero-order valence-electron chi connectivity index (χ0n) is 7.05. The predicted octanol–water partition coefficient (Wildman–Crippen LogP) is 3.45. The van der Waals surface area contributed by atoms with Crippen molar-refractivity contribution in [2.24, 2.45) is 5.92 Å². The molecule has 60 valence electrons. The molecular weight excluding hydrogens is 132 g/mol. The van der Waals surface area contributed by atoms with Crippen LogP contribution in [0.4, 0.5) is 0 Å². The van der Waals surface area contributed by atoms with Gasteiger partial charge in [-0.05, 0) is 25.2 Å². The Bertz CT molecular complexity index is 180. The first-order chi connectivity index (χ1) is 5.47. The fourth-order valence-electron chi connectivity index (χ4n) is 2.24. The van der Waals surface area contributed by atoms with Gasteiger partial charge in [-0.15, -0.1) is 0 Å². The van der Waals surface area contributed by atoms with Gasteiger partial charge in [-0.2, -0.15) is 0 Å². The summed E-state index contributed by atoms with van der Waals surface area (Å²) in [4.78, 5) is 0. The molecule has 0 N–H and O–H groups in total. The lowest BCUT2D eigenvalue weighted by Crippen LogP contribution is -2.07. The lowest BCUT2D eigenvalue weighted by Gasteiger charge is -2.22. The average molecular weight is 148 g/mol. The van der Waals surface area contributed by atoms with Crippen molar-refractivity contribution in [1.29, 1.82) is 0 Å². The second-order valence-corrected chi connectivity index (χ2v) is 3.71. The first-order valence-corrected chi connectivity index (χ1v) is 4.82. The highest BCUT2D eigenvalue weighted by molar-refractivity contribution is 5.25. The molecule has 0 aliphatic heterocycles. The molecule has 2 rings (SSSR count). The predicted molar refractivity (Wildman–Crippen MR) is 48.4 cm³/mol. The van der Waals surface area contributed by atoms with Crippen LogP contribution in [0.1, 0.15) is 38.5 Å². The molecule has 1 saturated carbocycles. The van der Waals surface area contributed by atoms with Crippen molar-refractivity contribution >= 4 is 0 Å². The minimum Gasteiger partial charge on any atom is -0.0805 e. The fourth-order valence-corrected chi connectivity index (χ4v) is 2.24. The van der Waals surface area contributed by atoms with Crippen LogP contribution < -0.4 is 0 Å². The van der Waals surface area contributed by atoms with E-state index in [1.54, 1.807) is 5.57 Å². The second-order valence-electron chi connectivity index (χ2n) is 3.71. The molecule has 0 spiro atoms. The summed E-state index contributed by atoms with van der Waals surface area (Å²) in [6.07, 6.45) is 15.4. The highest BCUT2D eigenvalue weighted by Gasteiger charge is 2.17. The van der Waals surface area contributed by atoms with Crippen molar-refractivity contribution in [3.63, 3.8) is 0 Å². The highest BCUT2D eigenvalue weighted by Crippen LogP contribution is 2.32. The van der Waals surface area contributed by atoms with E-state index in [0.29, 0.717) is 0 Å². The smallest absolute Gasteiger partial charge is 0.0130 e. The summed E-state index contributed by atoms with van der Waals surface area (Å²) < 4.78 is 0. The van der Waals surface area contributed by atoms with Crippen LogP contribution in [0.3, 0.4) is 0 Å².